The van der Waals surface area contributed by atoms with Gasteiger partial charge in [0.1, 0.15) is 0 Å². The van der Waals surface area contributed by atoms with Crippen LogP contribution in [0, 0.1) is 6.92 Å². The van der Waals surface area contributed by atoms with Gasteiger partial charge in [0.25, 0.3) is 0 Å². The lowest BCUT2D eigenvalue weighted by atomic mass is 9.96. The van der Waals surface area contributed by atoms with Crippen LogP contribution in [0.1, 0.15) is 25.1 Å². The van der Waals surface area contributed by atoms with E-state index in [9.17, 15) is 0 Å². The molecular formula is C37H30BrN3. The van der Waals surface area contributed by atoms with Crippen LogP contribution in [-0.4, -0.2) is 14.5 Å². The van der Waals surface area contributed by atoms with E-state index in [2.05, 4.69) is 142 Å². The Balaban J connectivity index is 1.55. The molecule has 3 nitrogen and oxygen atoms in total. The molecule has 0 amide bonds. The maximum Gasteiger partial charge on any atom is 0.0702 e. The molecule has 0 aliphatic carbocycles. The summed E-state index contributed by atoms with van der Waals surface area (Å²) in [5.41, 5.74) is 12.2. The lowest BCUT2D eigenvalue weighted by molar-refractivity contribution is 1.10. The van der Waals surface area contributed by atoms with Crippen LogP contribution < -0.4 is 0 Å². The Morgan fingerprint density at radius 2 is 1.39 bits per heavy atom. The smallest absolute Gasteiger partial charge is 0.0702 e. The Labute approximate surface area is 249 Å². The maximum absolute atomic E-state index is 4.64. The molecule has 0 atom stereocenters. The third-order valence-electron chi connectivity index (χ3n) is 7.21. The second-order valence-corrected chi connectivity index (χ2v) is 11.3. The SMILES string of the molecule is CC(C)=C/C=C\c1c(C)c2ccc(Br)cc2n1-c1cccc(-c2cc(-c3ccccn3)cc(-c3ccccn3)c2)c1. The number of allylic oxidation sites excluding steroid dienone is 3. The van der Waals surface area contributed by atoms with E-state index in [1.807, 2.05) is 36.7 Å². The van der Waals surface area contributed by atoms with Gasteiger partial charge in [-0.3, -0.25) is 9.97 Å². The number of hydrogen-bond donors (Lipinski definition) is 0. The van der Waals surface area contributed by atoms with Crippen molar-refractivity contribution in [2.24, 2.45) is 0 Å². The van der Waals surface area contributed by atoms with Crippen molar-refractivity contribution in [3.63, 3.8) is 0 Å². The molecule has 0 bridgehead atoms. The highest BCUT2D eigenvalue weighted by Gasteiger charge is 2.15. The molecule has 0 aliphatic heterocycles. The molecule has 0 unspecified atom stereocenters. The Morgan fingerprint density at radius 3 is 2.02 bits per heavy atom. The number of hydrogen-bond acceptors (Lipinski definition) is 2. The molecule has 0 aliphatic rings. The highest BCUT2D eigenvalue weighted by Crippen LogP contribution is 2.35. The van der Waals surface area contributed by atoms with E-state index in [1.54, 1.807) is 0 Å². The summed E-state index contributed by atoms with van der Waals surface area (Å²) in [5, 5.41) is 1.24. The van der Waals surface area contributed by atoms with Crippen molar-refractivity contribution in [1.29, 1.82) is 0 Å². The summed E-state index contributed by atoms with van der Waals surface area (Å²) in [6.45, 7) is 6.44. The van der Waals surface area contributed by atoms with Crippen molar-refractivity contribution < 1.29 is 0 Å². The molecule has 3 aromatic carbocycles. The normalized spacial score (nSPS) is 11.3. The minimum atomic E-state index is 0.936. The molecule has 0 saturated carbocycles. The monoisotopic (exact) mass is 595 g/mol. The highest BCUT2D eigenvalue weighted by atomic mass is 79.9. The molecular weight excluding hydrogens is 566 g/mol. The van der Waals surface area contributed by atoms with Crippen molar-refractivity contribution in [1.82, 2.24) is 14.5 Å². The van der Waals surface area contributed by atoms with Crippen LogP contribution in [-0.2, 0) is 0 Å². The first-order chi connectivity index (χ1) is 20.0. The molecule has 41 heavy (non-hydrogen) atoms. The molecule has 3 heterocycles. The molecule has 6 aromatic rings. The molecule has 4 heteroatoms. The number of fused-ring (bicyclic) bond motifs is 1. The van der Waals surface area contributed by atoms with E-state index < -0.39 is 0 Å². The molecule has 0 spiro atoms. The molecule has 200 valence electrons. The lowest BCUT2D eigenvalue weighted by Gasteiger charge is -2.14. The molecule has 3 aromatic heterocycles. The van der Waals surface area contributed by atoms with Gasteiger partial charge < -0.3 is 4.57 Å². The van der Waals surface area contributed by atoms with Crippen LogP contribution in [0.4, 0.5) is 0 Å². The number of nitrogens with zero attached hydrogens (tertiary/aromatic N) is 3. The topological polar surface area (TPSA) is 30.7 Å². The van der Waals surface area contributed by atoms with Gasteiger partial charge in [-0.2, -0.15) is 0 Å². The minimum Gasteiger partial charge on any atom is -0.310 e. The fourth-order valence-electron chi connectivity index (χ4n) is 5.23. The highest BCUT2D eigenvalue weighted by molar-refractivity contribution is 9.10. The molecule has 0 radical (unpaired) electrons. The van der Waals surface area contributed by atoms with Crippen molar-refractivity contribution in [3.05, 3.63) is 143 Å². The number of rotatable bonds is 6. The first kappa shape index (κ1) is 26.7. The predicted molar refractivity (Wildman–Crippen MR) is 176 cm³/mol. The number of pyridine rings is 2. The van der Waals surface area contributed by atoms with Gasteiger partial charge >= 0.3 is 0 Å². The Bertz CT molecular complexity index is 1850. The van der Waals surface area contributed by atoms with E-state index in [4.69, 9.17) is 0 Å². The Hall–Kier alpha value is -4.54. The number of benzene rings is 3. The first-order valence-corrected chi connectivity index (χ1v) is 14.5. The summed E-state index contributed by atoms with van der Waals surface area (Å²) in [7, 11) is 0. The van der Waals surface area contributed by atoms with Crippen LogP contribution in [0.5, 0.6) is 0 Å². The van der Waals surface area contributed by atoms with E-state index in [0.29, 0.717) is 0 Å². The molecule has 0 saturated heterocycles. The molecule has 0 fully saturated rings. The van der Waals surface area contributed by atoms with Gasteiger partial charge in [0.15, 0.2) is 0 Å². The molecule has 6 rings (SSSR count). The van der Waals surface area contributed by atoms with E-state index in [0.717, 1.165) is 43.8 Å². The van der Waals surface area contributed by atoms with Gasteiger partial charge in [0, 0.05) is 44.8 Å². The summed E-state index contributed by atoms with van der Waals surface area (Å²) in [4.78, 5) is 9.28. The van der Waals surface area contributed by atoms with Crippen LogP contribution in [0.2, 0.25) is 0 Å². The summed E-state index contributed by atoms with van der Waals surface area (Å²) in [6.07, 6.45) is 10.2. The van der Waals surface area contributed by atoms with Crippen molar-refractivity contribution in [3.8, 4) is 39.3 Å². The fraction of sp³-hybridized carbons (Fsp3) is 0.0811. The standard InChI is InChI=1S/C37H30BrN3/c1-25(2)10-8-15-36-26(3)33-17-16-31(38)24-37(33)41(36)32-12-9-11-27(23-32)28-20-29(34-13-4-6-18-39-34)22-30(21-28)35-14-5-7-19-40-35/h4-24H,1-3H3/b15-8-. The lowest BCUT2D eigenvalue weighted by Crippen LogP contribution is -1.98. The van der Waals surface area contributed by atoms with Gasteiger partial charge in [-0.15, -0.1) is 0 Å². The molecule has 0 N–H and O–H groups in total. The summed E-state index contributed by atoms with van der Waals surface area (Å²) < 4.78 is 3.42. The first-order valence-electron chi connectivity index (χ1n) is 13.7. The fourth-order valence-corrected chi connectivity index (χ4v) is 5.58. The summed E-state index contributed by atoms with van der Waals surface area (Å²) >= 11 is 3.70. The van der Waals surface area contributed by atoms with Gasteiger partial charge in [-0.05, 0) is 110 Å². The van der Waals surface area contributed by atoms with Gasteiger partial charge in [-0.25, -0.2) is 0 Å². The summed E-state index contributed by atoms with van der Waals surface area (Å²) in [6, 6.07) is 33.9. The van der Waals surface area contributed by atoms with Crippen LogP contribution in [0.25, 0.3) is 56.3 Å². The maximum atomic E-state index is 4.64. The minimum absolute atomic E-state index is 0.936. The van der Waals surface area contributed by atoms with E-state index >= 15 is 0 Å². The number of halogens is 1. The van der Waals surface area contributed by atoms with Gasteiger partial charge in [-0.1, -0.05) is 64.0 Å². The second kappa shape index (κ2) is 11.5. The zero-order chi connectivity index (χ0) is 28.3. The average Bonchev–Trinajstić information content (AvgIpc) is 3.27. The van der Waals surface area contributed by atoms with Crippen LogP contribution >= 0.6 is 15.9 Å². The van der Waals surface area contributed by atoms with E-state index in [-0.39, 0.29) is 0 Å². The van der Waals surface area contributed by atoms with Gasteiger partial charge in [0.2, 0.25) is 0 Å². The third kappa shape index (κ3) is 5.57. The van der Waals surface area contributed by atoms with Crippen LogP contribution in [0.15, 0.2) is 132 Å². The summed E-state index contributed by atoms with van der Waals surface area (Å²) in [5.74, 6) is 0. The largest absolute Gasteiger partial charge is 0.310 e. The third-order valence-corrected chi connectivity index (χ3v) is 7.70. The predicted octanol–water partition coefficient (Wildman–Crippen LogP) is 10.5. The van der Waals surface area contributed by atoms with Crippen molar-refractivity contribution in [2.45, 2.75) is 20.8 Å². The number of aryl methyl sites for hydroxylation is 1. The zero-order valence-corrected chi connectivity index (χ0v) is 24.9. The van der Waals surface area contributed by atoms with Gasteiger partial charge in [0.05, 0.1) is 16.9 Å². The number of aromatic nitrogens is 3. The zero-order valence-electron chi connectivity index (χ0n) is 23.3. The quantitative estimate of drug-likeness (QED) is 0.179. The van der Waals surface area contributed by atoms with Crippen molar-refractivity contribution in [2.75, 3.05) is 0 Å². The van der Waals surface area contributed by atoms with Crippen molar-refractivity contribution >= 4 is 32.9 Å². The Morgan fingerprint density at radius 1 is 0.707 bits per heavy atom. The van der Waals surface area contributed by atoms with Crippen LogP contribution in [0.3, 0.4) is 0 Å². The Kier molecular flexibility index (Phi) is 7.49. The second-order valence-electron chi connectivity index (χ2n) is 10.4. The van der Waals surface area contributed by atoms with E-state index in [1.165, 1.54) is 27.7 Å². The average molecular weight is 597 g/mol.